The zero-order chi connectivity index (χ0) is 16.2. The number of nitrogens with one attached hydrogen (secondary N) is 2. The summed E-state index contributed by atoms with van der Waals surface area (Å²) < 4.78 is 0. The molecular formula is C16H16ClN5S. The summed E-state index contributed by atoms with van der Waals surface area (Å²) in [6.45, 7) is 5.82. The molecule has 1 aromatic carbocycles. The van der Waals surface area contributed by atoms with Crippen LogP contribution in [0.15, 0.2) is 43.0 Å². The first kappa shape index (κ1) is 15.7. The van der Waals surface area contributed by atoms with E-state index in [1.165, 1.54) is 11.1 Å². The van der Waals surface area contributed by atoms with E-state index in [9.17, 15) is 0 Å². The Kier molecular flexibility index (Phi) is 4.73. The highest BCUT2D eigenvalue weighted by molar-refractivity contribution is 7.80. The van der Waals surface area contributed by atoms with Crippen LogP contribution in [0.5, 0.6) is 0 Å². The summed E-state index contributed by atoms with van der Waals surface area (Å²) >= 11 is 11.3. The van der Waals surface area contributed by atoms with Crippen molar-refractivity contribution in [2.45, 2.75) is 13.1 Å². The first-order valence-corrected chi connectivity index (χ1v) is 7.96. The van der Waals surface area contributed by atoms with E-state index in [1.807, 2.05) is 12.1 Å². The van der Waals surface area contributed by atoms with Gasteiger partial charge in [-0.3, -0.25) is 0 Å². The summed E-state index contributed by atoms with van der Waals surface area (Å²) in [5, 5.41) is 6.72. The maximum Gasteiger partial charge on any atom is 0.232 e. The van der Waals surface area contributed by atoms with Crippen molar-refractivity contribution in [2.24, 2.45) is 0 Å². The fourth-order valence-corrected chi connectivity index (χ4v) is 2.78. The minimum absolute atomic E-state index is 0.375. The van der Waals surface area contributed by atoms with Crippen molar-refractivity contribution >= 4 is 40.7 Å². The lowest BCUT2D eigenvalue weighted by Crippen LogP contribution is -2.29. The molecule has 7 heteroatoms. The van der Waals surface area contributed by atoms with Gasteiger partial charge in [0.2, 0.25) is 5.95 Å². The Morgan fingerprint density at radius 2 is 2.00 bits per heavy atom. The van der Waals surface area contributed by atoms with Crippen LogP contribution in [-0.4, -0.2) is 21.6 Å². The average molecular weight is 346 g/mol. The highest BCUT2D eigenvalue weighted by Gasteiger charge is 2.20. The molecule has 1 aliphatic heterocycles. The van der Waals surface area contributed by atoms with Gasteiger partial charge in [0.15, 0.2) is 5.11 Å². The lowest BCUT2D eigenvalue weighted by molar-refractivity contribution is 0.853. The van der Waals surface area contributed by atoms with E-state index >= 15 is 0 Å². The molecule has 0 saturated carbocycles. The second-order valence-electron chi connectivity index (χ2n) is 5.12. The third kappa shape index (κ3) is 3.78. The quantitative estimate of drug-likeness (QED) is 0.504. The van der Waals surface area contributed by atoms with Crippen LogP contribution in [-0.2, 0) is 13.1 Å². The molecule has 118 valence electrons. The van der Waals surface area contributed by atoms with Gasteiger partial charge >= 0.3 is 0 Å². The van der Waals surface area contributed by atoms with Gasteiger partial charge in [0.05, 0.1) is 0 Å². The largest absolute Gasteiger partial charge is 0.359 e. The molecule has 0 amide bonds. The van der Waals surface area contributed by atoms with Gasteiger partial charge in [0.1, 0.15) is 11.0 Å². The van der Waals surface area contributed by atoms with Crippen molar-refractivity contribution in [1.82, 2.24) is 15.3 Å². The third-order valence-corrected chi connectivity index (χ3v) is 3.92. The van der Waals surface area contributed by atoms with Crippen LogP contribution in [0.4, 0.5) is 11.8 Å². The number of nitrogens with zero attached hydrogens (tertiary/aromatic N) is 3. The Balaban J connectivity index is 1.76. The summed E-state index contributed by atoms with van der Waals surface area (Å²) in [6.07, 6.45) is 1.72. The van der Waals surface area contributed by atoms with Crippen molar-refractivity contribution in [3.63, 3.8) is 0 Å². The van der Waals surface area contributed by atoms with Crippen LogP contribution in [0.1, 0.15) is 11.1 Å². The number of benzene rings is 1. The molecular weight excluding hydrogens is 330 g/mol. The summed E-state index contributed by atoms with van der Waals surface area (Å²) in [5.41, 5.74) is 2.61. The van der Waals surface area contributed by atoms with Gasteiger partial charge in [-0.1, -0.05) is 41.9 Å². The summed E-state index contributed by atoms with van der Waals surface area (Å²) in [6, 6.07) is 10.1. The monoisotopic (exact) mass is 345 g/mol. The number of fused-ring (bicyclic) bond motifs is 1. The van der Waals surface area contributed by atoms with E-state index in [-0.39, 0.29) is 0 Å². The minimum Gasteiger partial charge on any atom is -0.359 e. The van der Waals surface area contributed by atoms with Gasteiger partial charge in [-0.25, -0.2) is 4.98 Å². The van der Waals surface area contributed by atoms with Crippen molar-refractivity contribution < 1.29 is 0 Å². The number of rotatable bonds is 4. The van der Waals surface area contributed by atoms with E-state index in [2.05, 4.69) is 44.2 Å². The minimum atomic E-state index is 0.375. The van der Waals surface area contributed by atoms with E-state index in [4.69, 9.17) is 23.8 Å². The molecule has 0 unspecified atom stereocenters. The Morgan fingerprint density at radius 3 is 2.65 bits per heavy atom. The lowest BCUT2D eigenvalue weighted by Gasteiger charge is -2.17. The predicted octanol–water partition coefficient (Wildman–Crippen LogP) is 3.12. The molecule has 3 rings (SSSR count). The Hall–Kier alpha value is -2.18. The number of anilines is 2. The number of hydrogen-bond donors (Lipinski definition) is 2. The molecule has 23 heavy (non-hydrogen) atoms. The topological polar surface area (TPSA) is 53.1 Å². The van der Waals surface area contributed by atoms with Crippen LogP contribution in [0.3, 0.4) is 0 Å². The van der Waals surface area contributed by atoms with Crippen molar-refractivity contribution in [3.05, 3.63) is 59.3 Å². The number of thiocarbonyl (C=S) groups is 1. The van der Waals surface area contributed by atoms with Crippen LogP contribution in [0, 0.1) is 0 Å². The molecule has 2 aromatic rings. The van der Waals surface area contributed by atoms with E-state index in [1.54, 1.807) is 12.1 Å². The number of hydrogen-bond acceptors (Lipinski definition) is 4. The normalized spacial score (nSPS) is 12.7. The fourth-order valence-electron chi connectivity index (χ4n) is 2.43. The predicted molar refractivity (Wildman–Crippen MR) is 97.8 cm³/mol. The summed E-state index contributed by atoms with van der Waals surface area (Å²) in [4.78, 5) is 10.8. The van der Waals surface area contributed by atoms with Gasteiger partial charge in [0.25, 0.3) is 0 Å². The van der Waals surface area contributed by atoms with Gasteiger partial charge in [-0.15, -0.1) is 6.58 Å². The van der Waals surface area contributed by atoms with E-state index in [0.29, 0.717) is 22.8 Å². The third-order valence-electron chi connectivity index (χ3n) is 3.48. The standard InChI is InChI=1S/C16H16ClN5S/c1-2-7-18-16(23)21-15-19-13(17)8-14(20-15)22-9-11-5-3-4-6-12(11)10-22/h2-6,8H,1,7,9-10H2,(H2,18,19,20,21,23). The van der Waals surface area contributed by atoms with Crippen LogP contribution >= 0.6 is 23.8 Å². The van der Waals surface area contributed by atoms with Gasteiger partial charge < -0.3 is 15.5 Å². The zero-order valence-electron chi connectivity index (χ0n) is 12.4. The molecule has 0 atom stereocenters. The first-order chi connectivity index (χ1) is 11.2. The molecule has 0 saturated heterocycles. The fraction of sp³-hybridized carbons (Fsp3) is 0.188. The van der Waals surface area contributed by atoms with E-state index < -0.39 is 0 Å². The molecule has 1 aromatic heterocycles. The van der Waals surface area contributed by atoms with E-state index in [0.717, 1.165) is 18.9 Å². The molecule has 2 heterocycles. The lowest BCUT2D eigenvalue weighted by atomic mass is 10.1. The van der Waals surface area contributed by atoms with Gasteiger partial charge in [-0.05, 0) is 23.3 Å². The van der Waals surface area contributed by atoms with Crippen LogP contribution < -0.4 is 15.5 Å². The maximum atomic E-state index is 6.13. The number of aromatic nitrogens is 2. The molecule has 0 aliphatic carbocycles. The highest BCUT2D eigenvalue weighted by Crippen LogP contribution is 2.28. The van der Waals surface area contributed by atoms with Crippen LogP contribution in [0.2, 0.25) is 5.15 Å². The molecule has 0 spiro atoms. The number of halogens is 1. The maximum absolute atomic E-state index is 6.13. The Labute approximate surface area is 145 Å². The SMILES string of the molecule is C=CCNC(=S)Nc1nc(Cl)cc(N2Cc3ccccc3C2)n1. The second kappa shape index (κ2) is 6.93. The zero-order valence-corrected chi connectivity index (χ0v) is 14.0. The van der Waals surface area contributed by atoms with Crippen LogP contribution in [0.25, 0.3) is 0 Å². The second-order valence-corrected chi connectivity index (χ2v) is 5.92. The smallest absolute Gasteiger partial charge is 0.232 e. The van der Waals surface area contributed by atoms with Crippen molar-refractivity contribution in [3.8, 4) is 0 Å². The molecule has 0 fully saturated rings. The summed E-state index contributed by atoms with van der Waals surface area (Å²) in [7, 11) is 0. The first-order valence-electron chi connectivity index (χ1n) is 7.18. The molecule has 2 N–H and O–H groups in total. The van der Waals surface area contributed by atoms with Crippen molar-refractivity contribution in [2.75, 3.05) is 16.8 Å². The van der Waals surface area contributed by atoms with Gasteiger partial charge in [-0.2, -0.15) is 4.98 Å². The molecule has 1 aliphatic rings. The van der Waals surface area contributed by atoms with Crippen molar-refractivity contribution in [1.29, 1.82) is 0 Å². The Bertz CT molecular complexity index is 724. The molecule has 5 nitrogen and oxygen atoms in total. The molecule has 0 bridgehead atoms. The summed E-state index contributed by atoms with van der Waals surface area (Å²) in [5.74, 6) is 1.15. The van der Waals surface area contributed by atoms with Gasteiger partial charge in [0, 0.05) is 25.7 Å². The molecule has 0 radical (unpaired) electrons. The highest BCUT2D eigenvalue weighted by atomic mass is 35.5. The Morgan fingerprint density at radius 1 is 1.30 bits per heavy atom. The average Bonchev–Trinajstić information content (AvgIpc) is 2.96.